The Morgan fingerprint density at radius 3 is 2.63 bits per heavy atom. The molecule has 3 rings (SSSR count). The number of amides is 1. The Morgan fingerprint density at radius 1 is 1.19 bits per heavy atom. The van der Waals surface area contributed by atoms with Crippen LogP contribution < -0.4 is 5.32 Å². The maximum atomic E-state index is 12.7. The molecule has 2 aromatic carbocycles. The smallest absolute Gasteiger partial charge is 0.251 e. The molecule has 1 heterocycles. The van der Waals surface area contributed by atoms with Gasteiger partial charge in [0, 0.05) is 37.1 Å². The summed E-state index contributed by atoms with van der Waals surface area (Å²) < 4.78 is 1.94. The van der Waals surface area contributed by atoms with Crippen LogP contribution in [-0.4, -0.2) is 41.0 Å². The van der Waals surface area contributed by atoms with Gasteiger partial charge in [-0.1, -0.05) is 36.4 Å². The highest BCUT2D eigenvalue weighted by Crippen LogP contribution is 2.22. The second-order valence-electron chi connectivity index (χ2n) is 6.99. The lowest BCUT2D eigenvalue weighted by Gasteiger charge is -2.26. The molecule has 3 aromatic rings. The predicted molar refractivity (Wildman–Crippen MR) is 109 cm³/mol. The molecule has 140 valence electrons. The monoisotopic (exact) mass is 362 g/mol. The average molecular weight is 362 g/mol. The lowest BCUT2D eigenvalue weighted by molar-refractivity contribution is 0.0942. The fourth-order valence-electron chi connectivity index (χ4n) is 3.27. The molecule has 0 radical (unpaired) electrons. The third-order valence-electron chi connectivity index (χ3n) is 4.83. The summed E-state index contributed by atoms with van der Waals surface area (Å²) in [5.74, 6) is 0.766. The van der Waals surface area contributed by atoms with Crippen molar-refractivity contribution < 1.29 is 4.79 Å². The Labute approximate surface area is 160 Å². The van der Waals surface area contributed by atoms with Crippen LogP contribution in [0, 0.1) is 6.92 Å². The van der Waals surface area contributed by atoms with E-state index in [1.807, 2.05) is 68.3 Å². The van der Waals surface area contributed by atoms with Gasteiger partial charge in [-0.15, -0.1) is 0 Å². The molecule has 1 N–H and O–H groups in total. The first kappa shape index (κ1) is 18.9. The number of aromatic nitrogens is 2. The van der Waals surface area contributed by atoms with E-state index in [1.54, 1.807) is 6.20 Å². The van der Waals surface area contributed by atoms with E-state index in [0.717, 1.165) is 11.4 Å². The number of aryl methyl sites for hydroxylation is 2. The number of hydrogen-bond acceptors (Lipinski definition) is 3. The normalized spacial score (nSPS) is 12.2. The standard InChI is InChI=1S/C22H26N4O/c1-16-8-5-6-11-19(16)20(25(2)3)15-24-22(27)18-10-7-9-17(14-18)21-23-12-13-26(21)4/h5-14,20H,15H2,1-4H3,(H,24,27). The number of nitrogens with zero attached hydrogens (tertiary/aromatic N) is 3. The molecule has 0 spiro atoms. The number of rotatable bonds is 6. The summed E-state index contributed by atoms with van der Waals surface area (Å²) in [6, 6.07) is 16.0. The van der Waals surface area contributed by atoms with E-state index in [-0.39, 0.29) is 11.9 Å². The molecule has 0 aliphatic heterocycles. The fraction of sp³-hybridized carbons (Fsp3) is 0.273. The molecule has 0 saturated heterocycles. The number of imidazole rings is 1. The molecule has 1 aromatic heterocycles. The topological polar surface area (TPSA) is 50.2 Å². The van der Waals surface area contributed by atoms with Crippen LogP contribution in [0.5, 0.6) is 0 Å². The zero-order chi connectivity index (χ0) is 19.4. The van der Waals surface area contributed by atoms with Crippen LogP contribution in [0.4, 0.5) is 0 Å². The Bertz CT molecular complexity index is 929. The number of carbonyl (C=O) groups excluding carboxylic acids is 1. The zero-order valence-electron chi connectivity index (χ0n) is 16.3. The molecule has 5 nitrogen and oxygen atoms in total. The SMILES string of the molecule is Cc1ccccc1C(CNC(=O)c1cccc(-c2nccn2C)c1)N(C)C. The Balaban J connectivity index is 1.75. The lowest BCUT2D eigenvalue weighted by Crippen LogP contribution is -2.34. The second kappa shape index (κ2) is 8.18. The number of likely N-dealkylation sites (N-methyl/N-ethyl adjacent to an activating group) is 1. The van der Waals surface area contributed by atoms with Crippen molar-refractivity contribution in [2.24, 2.45) is 7.05 Å². The molecule has 0 fully saturated rings. The minimum atomic E-state index is -0.0773. The van der Waals surface area contributed by atoms with Gasteiger partial charge >= 0.3 is 0 Å². The van der Waals surface area contributed by atoms with Gasteiger partial charge in [0.2, 0.25) is 0 Å². The van der Waals surface area contributed by atoms with Gasteiger partial charge in [-0.2, -0.15) is 0 Å². The molecule has 0 saturated carbocycles. The summed E-state index contributed by atoms with van der Waals surface area (Å²) in [6.07, 6.45) is 3.65. The van der Waals surface area contributed by atoms with E-state index in [4.69, 9.17) is 0 Å². The molecule has 0 aliphatic carbocycles. The number of hydrogen-bond donors (Lipinski definition) is 1. The fourth-order valence-corrected chi connectivity index (χ4v) is 3.27. The van der Waals surface area contributed by atoms with E-state index >= 15 is 0 Å². The lowest BCUT2D eigenvalue weighted by atomic mass is 10.0. The van der Waals surface area contributed by atoms with Crippen LogP contribution >= 0.6 is 0 Å². The Morgan fingerprint density at radius 2 is 1.96 bits per heavy atom. The molecule has 1 amide bonds. The molecular weight excluding hydrogens is 336 g/mol. The third kappa shape index (κ3) is 4.26. The van der Waals surface area contributed by atoms with Crippen molar-refractivity contribution in [1.29, 1.82) is 0 Å². The highest BCUT2D eigenvalue weighted by molar-refractivity contribution is 5.95. The summed E-state index contributed by atoms with van der Waals surface area (Å²) in [5.41, 5.74) is 4.02. The van der Waals surface area contributed by atoms with Crippen molar-refractivity contribution in [3.8, 4) is 11.4 Å². The number of benzene rings is 2. The van der Waals surface area contributed by atoms with Gasteiger partial charge in [0.25, 0.3) is 5.91 Å². The van der Waals surface area contributed by atoms with Crippen molar-refractivity contribution in [1.82, 2.24) is 19.8 Å². The van der Waals surface area contributed by atoms with Crippen molar-refractivity contribution >= 4 is 5.91 Å². The quantitative estimate of drug-likeness (QED) is 0.731. The van der Waals surface area contributed by atoms with Crippen molar-refractivity contribution in [2.45, 2.75) is 13.0 Å². The molecule has 0 bridgehead atoms. The predicted octanol–water partition coefficient (Wildman–Crippen LogP) is 3.43. The van der Waals surface area contributed by atoms with Crippen LogP contribution in [0.2, 0.25) is 0 Å². The largest absolute Gasteiger partial charge is 0.350 e. The van der Waals surface area contributed by atoms with Crippen molar-refractivity contribution in [3.05, 3.63) is 77.6 Å². The highest BCUT2D eigenvalue weighted by atomic mass is 16.1. The van der Waals surface area contributed by atoms with Crippen molar-refractivity contribution in [3.63, 3.8) is 0 Å². The minimum Gasteiger partial charge on any atom is -0.350 e. The van der Waals surface area contributed by atoms with Gasteiger partial charge in [-0.25, -0.2) is 4.98 Å². The van der Waals surface area contributed by atoms with Gasteiger partial charge in [-0.05, 0) is 44.3 Å². The highest BCUT2D eigenvalue weighted by Gasteiger charge is 2.18. The second-order valence-corrected chi connectivity index (χ2v) is 6.99. The van der Waals surface area contributed by atoms with Crippen LogP contribution in [0.1, 0.15) is 27.5 Å². The average Bonchev–Trinajstić information content (AvgIpc) is 3.09. The summed E-state index contributed by atoms with van der Waals surface area (Å²) in [7, 11) is 6.01. The number of nitrogens with one attached hydrogen (secondary N) is 1. The van der Waals surface area contributed by atoms with Crippen LogP contribution in [0.3, 0.4) is 0 Å². The van der Waals surface area contributed by atoms with E-state index in [2.05, 4.69) is 34.3 Å². The van der Waals surface area contributed by atoms with Gasteiger partial charge < -0.3 is 14.8 Å². The molecule has 1 unspecified atom stereocenters. The van der Waals surface area contributed by atoms with Crippen molar-refractivity contribution in [2.75, 3.05) is 20.6 Å². The van der Waals surface area contributed by atoms with E-state index in [9.17, 15) is 4.79 Å². The molecule has 27 heavy (non-hydrogen) atoms. The third-order valence-corrected chi connectivity index (χ3v) is 4.83. The Hall–Kier alpha value is -2.92. The summed E-state index contributed by atoms with van der Waals surface area (Å²) >= 11 is 0. The van der Waals surface area contributed by atoms with Gasteiger partial charge in [0.1, 0.15) is 5.82 Å². The minimum absolute atomic E-state index is 0.0773. The molecular formula is C22H26N4O. The van der Waals surface area contributed by atoms with E-state index < -0.39 is 0 Å². The zero-order valence-corrected chi connectivity index (χ0v) is 16.3. The number of carbonyl (C=O) groups is 1. The van der Waals surface area contributed by atoms with Crippen LogP contribution in [0.25, 0.3) is 11.4 Å². The molecule has 1 atom stereocenters. The van der Waals surface area contributed by atoms with Gasteiger partial charge in [-0.3, -0.25) is 4.79 Å². The first-order valence-electron chi connectivity index (χ1n) is 9.05. The summed E-state index contributed by atoms with van der Waals surface area (Å²) in [5, 5.41) is 3.09. The maximum Gasteiger partial charge on any atom is 0.251 e. The van der Waals surface area contributed by atoms with E-state index in [1.165, 1.54) is 11.1 Å². The van der Waals surface area contributed by atoms with Gasteiger partial charge in [0.05, 0.1) is 6.04 Å². The van der Waals surface area contributed by atoms with Gasteiger partial charge in [0.15, 0.2) is 0 Å². The Kier molecular flexibility index (Phi) is 5.72. The van der Waals surface area contributed by atoms with Crippen LogP contribution in [0.15, 0.2) is 60.9 Å². The van der Waals surface area contributed by atoms with E-state index in [0.29, 0.717) is 12.1 Å². The molecule has 0 aliphatic rings. The first-order valence-corrected chi connectivity index (χ1v) is 9.05. The van der Waals surface area contributed by atoms with Crippen LogP contribution in [-0.2, 0) is 7.05 Å². The summed E-state index contributed by atoms with van der Waals surface area (Å²) in [4.78, 5) is 19.2. The summed E-state index contributed by atoms with van der Waals surface area (Å²) in [6.45, 7) is 2.65. The molecule has 5 heteroatoms. The maximum absolute atomic E-state index is 12.7. The first-order chi connectivity index (χ1) is 13.0.